The number of nitrogens with one attached hydrogen (secondary N) is 2. The summed E-state index contributed by atoms with van der Waals surface area (Å²) in [5.74, 6) is -1.54. The van der Waals surface area contributed by atoms with E-state index in [1.54, 1.807) is 19.1 Å². The van der Waals surface area contributed by atoms with Crippen molar-refractivity contribution in [2.45, 2.75) is 26.3 Å². The molecule has 10 heteroatoms. The number of carbonyl (C=O) groups excluding carboxylic acids is 1. The van der Waals surface area contributed by atoms with Crippen LogP contribution in [0.5, 0.6) is 0 Å². The Morgan fingerprint density at radius 3 is 2.50 bits per heavy atom. The van der Waals surface area contributed by atoms with Crippen molar-refractivity contribution in [3.63, 3.8) is 0 Å². The number of hydrogen-bond donors (Lipinski definition) is 3. The lowest BCUT2D eigenvalue weighted by Crippen LogP contribution is -2.35. The molecule has 0 aliphatic rings. The molecule has 26 heavy (non-hydrogen) atoms. The number of aromatic nitrogens is 2. The zero-order valence-electron chi connectivity index (χ0n) is 14.8. The average molecular weight is 380 g/mol. The molecule has 1 aromatic carbocycles. The predicted molar refractivity (Wildman–Crippen MR) is 96.8 cm³/mol. The van der Waals surface area contributed by atoms with E-state index in [-0.39, 0.29) is 5.56 Å². The Kier molecular flexibility index (Phi) is 5.08. The molecule has 140 valence electrons. The van der Waals surface area contributed by atoms with Crippen LogP contribution < -0.4 is 10.0 Å². The van der Waals surface area contributed by atoms with Crippen molar-refractivity contribution < 1.29 is 23.1 Å². The highest BCUT2D eigenvalue weighted by atomic mass is 32.2. The SMILES string of the molecule is Cc1ccc(C(=O)Nc2cnn(C(C)(C)C(=O)O)c2)cc1NS(C)(=O)=O. The van der Waals surface area contributed by atoms with Gasteiger partial charge in [-0.25, -0.2) is 13.2 Å². The van der Waals surface area contributed by atoms with Crippen LogP contribution in [0.3, 0.4) is 0 Å². The van der Waals surface area contributed by atoms with Crippen LogP contribution in [0.4, 0.5) is 11.4 Å². The maximum atomic E-state index is 12.4. The van der Waals surface area contributed by atoms with Crippen molar-refractivity contribution in [3.05, 3.63) is 41.7 Å². The van der Waals surface area contributed by atoms with Gasteiger partial charge in [-0.1, -0.05) is 6.07 Å². The monoisotopic (exact) mass is 380 g/mol. The number of carboxylic acids is 1. The Balaban J connectivity index is 2.22. The molecule has 1 heterocycles. The largest absolute Gasteiger partial charge is 0.479 e. The van der Waals surface area contributed by atoms with Crippen molar-refractivity contribution in [2.75, 3.05) is 16.3 Å². The van der Waals surface area contributed by atoms with Gasteiger partial charge < -0.3 is 10.4 Å². The Labute approximate surface area is 151 Å². The Hall–Kier alpha value is -2.88. The highest BCUT2D eigenvalue weighted by Gasteiger charge is 2.30. The first-order valence-electron chi connectivity index (χ1n) is 7.58. The van der Waals surface area contributed by atoms with Crippen molar-refractivity contribution >= 4 is 33.3 Å². The van der Waals surface area contributed by atoms with Gasteiger partial charge in [0.2, 0.25) is 10.0 Å². The van der Waals surface area contributed by atoms with Gasteiger partial charge in [-0.3, -0.25) is 14.2 Å². The number of aryl methyl sites for hydroxylation is 1. The summed E-state index contributed by atoms with van der Waals surface area (Å²) in [6.45, 7) is 4.68. The summed E-state index contributed by atoms with van der Waals surface area (Å²) >= 11 is 0. The number of aliphatic carboxylic acids is 1. The van der Waals surface area contributed by atoms with Gasteiger partial charge in [0.1, 0.15) is 0 Å². The van der Waals surface area contributed by atoms with Gasteiger partial charge in [0.05, 0.1) is 23.8 Å². The van der Waals surface area contributed by atoms with E-state index >= 15 is 0 Å². The lowest BCUT2D eigenvalue weighted by Gasteiger charge is -2.19. The average Bonchev–Trinajstić information content (AvgIpc) is 2.97. The van der Waals surface area contributed by atoms with Gasteiger partial charge in [-0.05, 0) is 38.5 Å². The van der Waals surface area contributed by atoms with Crippen molar-refractivity contribution in [2.24, 2.45) is 0 Å². The maximum Gasteiger partial charge on any atom is 0.331 e. The van der Waals surface area contributed by atoms with E-state index in [1.165, 1.54) is 37.0 Å². The number of hydrogen-bond acceptors (Lipinski definition) is 5. The Morgan fingerprint density at radius 1 is 1.27 bits per heavy atom. The predicted octanol–water partition coefficient (Wildman–Crippen LogP) is 1.64. The standard InChI is InChI=1S/C16H20N4O5S/c1-10-5-6-11(7-13(10)19-26(4,24)25)14(21)18-12-8-17-20(9-12)16(2,3)15(22)23/h5-9,19H,1-4H3,(H,18,21)(H,22,23). The van der Waals surface area contributed by atoms with E-state index in [2.05, 4.69) is 15.1 Å². The normalized spacial score (nSPS) is 11.8. The topological polar surface area (TPSA) is 130 Å². The summed E-state index contributed by atoms with van der Waals surface area (Å²) in [5, 5.41) is 15.8. The van der Waals surface area contributed by atoms with Crippen LogP contribution in [0.15, 0.2) is 30.6 Å². The number of carbonyl (C=O) groups is 2. The molecule has 0 aliphatic carbocycles. The molecular formula is C16H20N4O5S. The van der Waals surface area contributed by atoms with Crippen molar-refractivity contribution in [3.8, 4) is 0 Å². The molecule has 0 radical (unpaired) electrons. The van der Waals surface area contributed by atoms with Gasteiger partial charge in [-0.2, -0.15) is 5.10 Å². The second-order valence-electron chi connectivity index (χ2n) is 6.40. The van der Waals surface area contributed by atoms with Crippen LogP contribution in [-0.2, 0) is 20.4 Å². The number of nitrogens with zero attached hydrogens (tertiary/aromatic N) is 2. The summed E-state index contributed by atoms with van der Waals surface area (Å²) in [4.78, 5) is 23.6. The minimum atomic E-state index is -3.47. The quantitative estimate of drug-likeness (QED) is 0.698. The molecule has 0 atom stereocenters. The molecule has 3 N–H and O–H groups in total. The molecule has 2 aromatic rings. The first-order chi connectivity index (χ1) is 11.9. The number of benzene rings is 1. The number of amides is 1. The molecule has 0 aliphatic heterocycles. The van der Waals surface area contributed by atoms with Gasteiger partial charge in [0.25, 0.3) is 5.91 Å². The minimum absolute atomic E-state index is 0.243. The molecule has 9 nitrogen and oxygen atoms in total. The van der Waals surface area contributed by atoms with Crippen LogP contribution >= 0.6 is 0 Å². The molecular weight excluding hydrogens is 360 g/mol. The lowest BCUT2D eigenvalue weighted by atomic mass is 10.1. The van der Waals surface area contributed by atoms with E-state index < -0.39 is 27.4 Å². The highest BCUT2D eigenvalue weighted by Crippen LogP contribution is 2.20. The molecule has 1 aromatic heterocycles. The van der Waals surface area contributed by atoms with E-state index in [0.717, 1.165) is 6.26 Å². The summed E-state index contributed by atoms with van der Waals surface area (Å²) in [6.07, 6.45) is 3.78. The zero-order chi connectivity index (χ0) is 19.7. The van der Waals surface area contributed by atoms with Crippen LogP contribution in [0.25, 0.3) is 0 Å². The summed E-state index contributed by atoms with van der Waals surface area (Å²) in [5.41, 5.74) is 0.278. The molecule has 2 rings (SSSR count). The minimum Gasteiger partial charge on any atom is -0.479 e. The smallest absolute Gasteiger partial charge is 0.331 e. The van der Waals surface area contributed by atoms with E-state index in [0.29, 0.717) is 16.9 Å². The first kappa shape index (κ1) is 19.4. The van der Waals surface area contributed by atoms with E-state index in [1.807, 2.05) is 0 Å². The number of anilines is 2. The third-order valence-corrected chi connectivity index (χ3v) is 4.32. The lowest BCUT2D eigenvalue weighted by molar-refractivity contribution is -0.146. The molecule has 0 unspecified atom stereocenters. The van der Waals surface area contributed by atoms with Crippen LogP contribution in [0, 0.1) is 6.92 Å². The molecule has 1 amide bonds. The van der Waals surface area contributed by atoms with Crippen LogP contribution in [0.2, 0.25) is 0 Å². The molecule has 0 saturated carbocycles. The first-order valence-corrected chi connectivity index (χ1v) is 9.47. The fourth-order valence-electron chi connectivity index (χ4n) is 2.07. The molecule has 0 saturated heterocycles. The third-order valence-electron chi connectivity index (χ3n) is 3.73. The van der Waals surface area contributed by atoms with Gasteiger partial charge in [0, 0.05) is 11.8 Å². The second-order valence-corrected chi connectivity index (χ2v) is 8.14. The maximum absolute atomic E-state index is 12.4. The van der Waals surface area contributed by atoms with Crippen LogP contribution in [-0.4, -0.2) is 41.4 Å². The van der Waals surface area contributed by atoms with Gasteiger partial charge in [-0.15, -0.1) is 0 Å². The summed E-state index contributed by atoms with van der Waals surface area (Å²) in [6, 6.07) is 4.61. The fourth-order valence-corrected chi connectivity index (χ4v) is 2.69. The number of rotatable bonds is 6. The van der Waals surface area contributed by atoms with Crippen molar-refractivity contribution in [1.29, 1.82) is 0 Å². The highest BCUT2D eigenvalue weighted by molar-refractivity contribution is 7.92. The second kappa shape index (κ2) is 6.79. The summed E-state index contributed by atoms with van der Waals surface area (Å²) in [7, 11) is -3.47. The number of sulfonamides is 1. The fraction of sp³-hybridized carbons (Fsp3) is 0.312. The van der Waals surface area contributed by atoms with E-state index in [9.17, 15) is 23.1 Å². The van der Waals surface area contributed by atoms with Gasteiger partial charge in [0.15, 0.2) is 5.54 Å². The summed E-state index contributed by atoms with van der Waals surface area (Å²) < 4.78 is 26.4. The zero-order valence-corrected chi connectivity index (χ0v) is 15.6. The number of carboxylic acid groups (broad SMARTS) is 1. The molecule has 0 fully saturated rings. The Bertz CT molecular complexity index is 963. The van der Waals surface area contributed by atoms with Crippen molar-refractivity contribution in [1.82, 2.24) is 9.78 Å². The van der Waals surface area contributed by atoms with Crippen LogP contribution in [0.1, 0.15) is 29.8 Å². The molecule has 0 spiro atoms. The molecule has 0 bridgehead atoms. The third kappa shape index (κ3) is 4.39. The van der Waals surface area contributed by atoms with Gasteiger partial charge >= 0.3 is 5.97 Å². The van der Waals surface area contributed by atoms with E-state index in [4.69, 9.17) is 0 Å². The Morgan fingerprint density at radius 2 is 1.92 bits per heavy atom.